The maximum absolute atomic E-state index is 13.0. The molecule has 0 unspecified atom stereocenters. The van der Waals surface area contributed by atoms with Crippen LogP contribution in [0.15, 0.2) is 77.7 Å². The Bertz CT molecular complexity index is 1260. The largest absolute Gasteiger partial charge is 0.342 e. The van der Waals surface area contributed by atoms with Crippen molar-refractivity contribution < 1.29 is 9.59 Å². The molecule has 0 atom stereocenters. The third-order valence-corrected chi connectivity index (χ3v) is 7.77. The summed E-state index contributed by atoms with van der Waals surface area (Å²) >= 11 is 3.08. The van der Waals surface area contributed by atoms with Gasteiger partial charge in [0.25, 0.3) is 5.91 Å². The van der Waals surface area contributed by atoms with Crippen LogP contribution < -0.4 is 5.32 Å². The van der Waals surface area contributed by atoms with E-state index < -0.39 is 0 Å². The van der Waals surface area contributed by atoms with Crippen molar-refractivity contribution in [3.63, 3.8) is 0 Å². The quantitative estimate of drug-likeness (QED) is 0.353. The lowest BCUT2D eigenvalue weighted by atomic mass is 10.2. The van der Waals surface area contributed by atoms with E-state index in [2.05, 4.69) is 11.4 Å². The molecule has 7 heteroatoms. The van der Waals surface area contributed by atoms with E-state index in [0.29, 0.717) is 11.3 Å². The number of thiazole rings is 1. The van der Waals surface area contributed by atoms with Crippen LogP contribution in [-0.2, 0) is 4.79 Å². The molecule has 0 radical (unpaired) electrons. The Morgan fingerprint density at radius 3 is 2.45 bits per heavy atom. The molecule has 5 nitrogen and oxygen atoms in total. The Hall–Kier alpha value is -3.16. The number of aromatic nitrogens is 1. The summed E-state index contributed by atoms with van der Waals surface area (Å²) in [5.41, 5.74) is 3.31. The van der Waals surface area contributed by atoms with Gasteiger partial charge in [0, 0.05) is 29.2 Å². The molecule has 0 bridgehead atoms. The van der Waals surface area contributed by atoms with Gasteiger partial charge in [-0.15, -0.1) is 23.1 Å². The first-order valence-electron chi connectivity index (χ1n) is 10.9. The third kappa shape index (κ3) is 4.94. The Kier molecular flexibility index (Phi) is 6.41. The monoisotopic (exact) mass is 473 g/mol. The molecule has 1 fully saturated rings. The van der Waals surface area contributed by atoms with Crippen LogP contribution in [0.4, 0.5) is 5.69 Å². The SMILES string of the molecule is O=C(Nc1ccc(-c2nc3ccccc3s2)cc1)c1ccccc1SCC(=O)N1CCCC1. The summed E-state index contributed by atoms with van der Waals surface area (Å²) in [6.07, 6.45) is 2.15. The minimum Gasteiger partial charge on any atom is -0.342 e. The lowest BCUT2D eigenvalue weighted by Crippen LogP contribution is -2.29. The highest BCUT2D eigenvalue weighted by Crippen LogP contribution is 2.31. The topological polar surface area (TPSA) is 62.3 Å². The van der Waals surface area contributed by atoms with Gasteiger partial charge < -0.3 is 10.2 Å². The van der Waals surface area contributed by atoms with Gasteiger partial charge in [0.15, 0.2) is 0 Å². The summed E-state index contributed by atoms with van der Waals surface area (Å²) in [4.78, 5) is 32.8. The van der Waals surface area contributed by atoms with Gasteiger partial charge in [-0.2, -0.15) is 0 Å². The van der Waals surface area contributed by atoms with Crippen LogP contribution in [0.3, 0.4) is 0 Å². The van der Waals surface area contributed by atoms with Crippen LogP contribution in [-0.4, -0.2) is 40.5 Å². The van der Waals surface area contributed by atoms with E-state index in [1.165, 1.54) is 11.8 Å². The molecule has 1 N–H and O–H groups in total. The van der Waals surface area contributed by atoms with Crippen LogP contribution in [0, 0.1) is 0 Å². The second-order valence-electron chi connectivity index (χ2n) is 7.89. The Morgan fingerprint density at radius 2 is 1.67 bits per heavy atom. The van der Waals surface area contributed by atoms with Gasteiger partial charge in [-0.25, -0.2) is 4.98 Å². The highest BCUT2D eigenvalue weighted by Gasteiger charge is 2.19. The highest BCUT2D eigenvalue weighted by atomic mass is 32.2. The van der Waals surface area contributed by atoms with Crippen molar-refractivity contribution in [3.8, 4) is 10.6 Å². The number of rotatable bonds is 6. The fourth-order valence-electron chi connectivity index (χ4n) is 3.87. The normalized spacial score (nSPS) is 13.4. The van der Waals surface area contributed by atoms with E-state index >= 15 is 0 Å². The van der Waals surface area contributed by atoms with E-state index in [1.807, 2.05) is 65.6 Å². The highest BCUT2D eigenvalue weighted by molar-refractivity contribution is 8.00. The minimum absolute atomic E-state index is 0.137. The smallest absolute Gasteiger partial charge is 0.256 e. The average molecular weight is 474 g/mol. The first-order valence-corrected chi connectivity index (χ1v) is 12.7. The predicted octanol–water partition coefficient (Wildman–Crippen LogP) is 5.93. The second-order valence-corrected chi connectivity index (χ2v) is 9.94. The molecule has 2 amide bonds. The third-order valence-electron chi connectivity index (χ3n) is 5.63. The number of nitrogens with one attached hydrogen (secondary N) is 1. The fraction of sp³-hybridized carbons (Fsp3) is 0.192. The molecule has 0 spiro atoms. The standard InChI is InChI=1S/C26H23N3O2S2/c30-24(29-15-5-6-16-29)17-32-22-9-3-1-7-20(22)25(31)27-19-13-11-18(12-14-19)26-28-21-8-2-4-10-23(21)33-26/h1-4,7-14H,5-6,15-17H2,(H,27,31). The Morgan fingerprint density at radius 1 is 0.939 bits per heavy atom. The molecule has 5 rings (SSSR count). The molecular weight excluding hydrogens is 450 g/mol. The van der Waals surface area contributed by atoms with Crippen molar-refractivity contribution >= 4 is 50.8 Å². The summed E-state index contributed by atoms with van der Waals surface area (Å²) in [7, 11) is 0. The van der Waals surface area contributed by atoms with E-state index in [-0.39, 0.29) is 11.8 Å². The lowest BCUT2D eigenvalue weighted by Gasteiger charge is -2.15. The molecule has 0 aliphatic carbocycles. The lowest BCUT2D eigenvalue weighted by molar-refractivity contribution is -0.127. The number of hydrogen-bond donors (Lipinski definition) is 1. The van der Waals surface area contributed by atoms with E-state index in [9.17, 15) is 9.59 Å². The molecule has 4 aromatic rings. The van der Waals surface area contributed by atoms with E-state index in [0.717, 1.165) is 57.3 Å². The molecule has 1 aromatic heterocycles. The number of fused-ring (bicyclic) bond motifs is 1. The fourth-order valence-corrected chi connectivity index (χ4v) is 5.79. The summed E-state index contributed by atoms with van der Waals surface area (Å²) < 4.78 is 1.15. The van der Waals surface area contributed by atoms with Gasteiger partial charge in [-0.05, 0) is 61.4 Å². The molecule has 1 saturated heterocycles. The molecular formula is C26H23N3O2S2. The number of thioether (sulfide) groups is 1. The van der Waals surface area contributed by atoms with Crippen molar-refractivity contribution in [2.45, 2.75) is 17.7 Å². The summed E-state index contributed by atoms with van der Waals surface area (Å²) in [5, 5.41) is 3.94. The molecule has 166 valence electrons. The number of amides is 2. The number of anilines is 1. The predicted molar refractivity (Wildman–Crippen MR) is 136 cm³/mol. The van der Waals surface area contributed by atoms with Gasteiger partial charge in [0.2, 0.25) is 5.91 Å². The van der Waals surface area contributed by atoms with Crippen molar-refractivity contribution in [2.75, 3.05) is 24.2 Å². The maximum Gasteiger partial charge on any atom is 0.256 e. The number of benzene rings is 3. The zero-order valence-corrected chi connectivity index (χ0v) is 19.6. The zero-order chi connectivity index (χ0) is 22.6. The zero-order valence-electron chi connectivity index (χ0n) is 18.0. The van der Waals surface area contributed by atoms with Crippen LogP contribution in [0.1, 0.15) is 23.2 Å². The van der Waals surface area contributed by atoms with Gasteiger partial charge in [-0.1, -0.05) is 24.3 Å². The van der Waals surface area contributed by atoms with Gasteiger partial charge in [0.05, 0.1) is 21.5 Å². The number of para-hydroxylation sites is 1. The summed E-state index contributed by atoms with van der Waals surface area (Å²) in [6.45, 7) is 1.68. The number of likely N-dealkylation sites (tertiary alicyclic amines) is 1. The van der Waals surface area contributed by atoms with Crippen LogP contribution in [0.2, 0.25) is 0 Å². The van der Waals surface area contributed by atoms with Crippen molar-refractivity contribution in [1.29, 1.82) is 0 Å². The first-order chi connectivity index (χ1) is 16.2. The summed E-state index contributed by atoms with van der Waals surface area (Å²) in [6, 6.07) is 23.3. The Balaban J connectivity index is 1.26. The van der Waals surface area contributed by atoms with Crippen LogP contribution in [0.25, 0.3) is 20.8 Å². The molecule has 1 aliphatic rings. The number of carbonyl (C=O) groups excluding carboxylic acids is 2. The molecule has 3 aromatic carbocycles. The average Bonchev–Trinajstić information content (AvgIpc) is 3.53. The molecule has 0 saturated carbocycles. The van der Waals surface area contributed by atoms with E-state index in [1.54, 1.807) is 17.4 Å². The number of carbonyl (C=O) groups is 2. The van der Waals surface area contributed by atoms with Crippen molar-refractivity contribution in [1.82, 2.24) is 9.88 Å². The van der Waals surface area contributed by atoms with E-state index in [4.69, 9.17) is 4.98 Å². The number of hydrogen-bond acceptors (Lipinski definition) is 5. The molecule has 1 aliphatic heterocycles. The first kappa shape index (κ1) is 21.7. The van der Waals surface area contributed by atoms with Gasteiger partial charge in [-0.3, -0.25) is 9.59 Å². The van der Waals surface area contributed by atoms with Gasteiger partial charge >= 0.3 is 0 Å². The number of nitrogens with zero attached hydrogens (tertiary/aromatic N) is 2. The molecule has 2 heterocycles. The Labute approximate surface area is 200 Å². The maximum atomic E-state index is 13.0. The summed E-state index contributed by atoms with van der Waals surface area (Å²) in [5.74, 6) is 0.304. The van der Waals surface area contributed by atoms with Crippen molar-refractivity contribution in [3.05, 3.63) is 78.4 Å². The van der Waals surface area contributed by atoms with Crippen LogP contribution >= 0.6 is 23.1 Å². The molecule has 33 heavy (non-hydrogen) atoms. The van der Waals surface area contributed by atoms with Crippen LogP contribution in [0.5, 0.6) is 0 Å². The van der Waals surface area contributed by atoms with Crippen molar-refractivity contribution in [2.24, 2.45) is 0 Å². The second kappa shape index (κ2) is 9.77. The van der Waals surface area contributed by atoms with Gasteiger partial charge in [0.1, 0.15) is 5.01 Å². The minimum atomic E-state index is -0.181.